The summed E-state index contributed by atoms with van der Waals surface area (Å²) in [4.78, 5) is 2.01. The Bertz CT molecular complexity index is 419. The molecule has 0 saturated carbocycles. The molecule has 0 aliphatic carbocycles. The molecule has 1 aliphatic heterocycles. The van der Waals surface area contributed by atoms with Crippen molar-refractivity contribution in [2.75, 3.05) is 19.7 Å². The summed E-state index contributed by atoms with van der Waals surface area (Å²) in [6.07, 6.45) is -0.0916. The maximum absolute atomic E-state index is 13.8. The third kappa shape index (κ3) is 3.11. The predicted molar refractivity (Wildman–Crippen MR) is 69.7 cm³/mol. The molecule has 106 valence electrons. The van der Waals surface area contributed by atoms with Gasteiger partial charge in [-0.1, -0.05) is 6.07 Å². The highest BCUT2D eigenvalue weighted by molar-refractivity contribution is 5.23. The molecular formula is C14H20F2N2O. The van der Waals surface area contributed by atoms with Gasteiger partial charge in [0.05, 0.1) is 12.7 Å². The van der Waals surface area contributed by atoms with E-state index in [1.165, 1.54) is 18.2 Å². The monoisotopic (exact) mass is 270 g/mol. The molecular weight excluding hydrogens is 250 g/mol. The molecule has 0 aromatic heterocycles. The summed E-state index contributed by atoms with van der Waals surface area (Å²) in [5, 5.41) is 0. The molecule has 1 saturated heterocycles. The van der Waals surface area contributed by atoms with E-state index in [0.29, 0.717) is 19.7 Å². The summed E-state index contributed by atoms with van der Waals surface area (Å²) >= 11 is 0. The molecule has 3 atom stereocenters. The highest BCUT2D eigenvalue weighted by Gasteiger charge is 2.29. The number of benzene rings is 1. The highest BCUT2D eigenvalue weighted by Crippen LogP contribution is 2.27. The SMILES string of the molecule is CC(N)C1CN(C(C)c2c(F)cccc2F)CCO1. The van der Waals surface area contributed by atoms with Gasteiger partial charge in [-0.3, -0.25) is 4.90 Å². The van der Waals surface area contributed by atoms with Crippen LogP contribution in [0.3, 0.4) is 0 Å². The van der Waals surface area contributed by atoms with Crippen molar-refractivity contribution in [2.45, 2.75) is 32.0 Å². The zero-order valence-electron chi connectivity index (χ0n) is 11.3. The zero-order chi connectivity index (χ0) is 14.0. The minimum absolute atomic E-state index is 0.0916. The number of hydrogen-bond donors (Lipinski definition) is 1. The molecule has 1 heterocycles. The number of rotatable bonds is 3. The highest BCUT2D eigenvalue weighted by atomic mass is 19.1. The first-order chi connectivity index (χ1) is 9.00. The van der Waals surface area contributed by atoms with Crippen LogP contribution in [0.25, 0.3) is 0 Å². The van der Waals surface area contributed by atoms with Gasteiger partial charge in [0, 0.05) is 30.7 Å². The lowest BCUT2D eigenvalue weighted by atomic mass is 10.0. The number of hydrogen-bond acceptors (Lipinski definition) is 3. The van der Waals surface area contributed by atoms with Crippen LogP contribution in [0.2, 0.25) is 0 Å². The van der Waals surface area contributed by atoms with E-state index < -0.39 is 11.6 Å². The topological polar surface area (TPSA) is 38.5 Å². The van der Waals surface area contributed by atoms with E-state index in [2.05, 4.69) is 0 Å². The molecule has 1 aliphatic rings. The maximum atomic E-state index is 13.8. The Labute approximate surface area is 112 Å². The molecule has 2 rings (SSSR count). The van der Waals surface area contributed by atoms with Crippen molar-refractivity contribution in [3.05, 3.63) is 35.4 Å². The maximum Gasteiger partial charge on any atom is 0.130 e. The molecule has 19 heavy (non-hydrogen) atoms. The second-order valence-corrected chi connectivity index (χ2v) is 5.07. The first kappa shape index (κ1) is 14.4. The van der Waals surface area contributed by atoms with E-state index >= 15 is 0 Å². The van der Waals surface area contributed by atoms with Gasteiger partial charge >= 0.3 is 0 Å². The van der Waals surface area contributed by atoms with Gasteiger partial charge in [-0.2, -0.15) is 0 Å². The molecule has 0 spiro atoms. The zero-order valence-corrected chi connectivity index (χ0v) is 11.3. The van der Waals surface area contributed by atoms with Crippen LogP contribution in [0.15, 0.2) is 18.2 Å². The first-order valence-electron chi connectivity index (χ1n) is 6.56. The second kappa shape index (κ2) is 5.94. The van der Waals surface area contributed by atoms with Crippen LogP contribution in [0.1, 0.15) is 25.5 Å². The number of nitrogens with zero attached hydrogens (tertiary/aromatic N) is 1. The summed E-state index contributed by atoms with van der Waals surface area (Å²) in [6, 6.07) is 3.54. The van der Waals surface area contributed by atoms with Crippen molar-refractivity contribution in [3.8, 4) is 0 Å². The summed E-state index contributed by atoms with van der Waals surface area (Å²) in [6.45, 7) is 5.46. The van der Waals surface area contributed by atoms with Gasteiger partial charge in [0.2, 0.25) is 0 Å². The molecule has 3 unspecified atom stereocenters. The van der Waals surface area contributed by atoms with E-state index in [-0.39, 0.29) is 23.8 Å². The normalized spacial score (nSPS) is 24.2. The van der Waals surface area contributed by atoms with Gasteiger partial charge in [-0.15, -0.1) is 0 Å². The Morgan fingerprint density at radius 1 is 1.32 bits per heavy atom. The van der Waals surface area contributed by atoms with Crippen molar-refractivity contribution < 1.29 is 13.5 Å². The van der Waals surface area contributed by atoms with Crippen molar-refractivity contribution in [2.24, 2.45) is 5.73 Å². The van der Waals surface area contributed by atoms with Gasteiger partial charge in [0.1, 0.15) is 11.6 Å². The minimum Gasteiger partial charge on any atom is -0.374 e. The molecule has 0 bridgehead atoms. The second-order valence-electron chi connectivity index (χ2n) is 5.07. The van der Waals surface area contributed by atoms with E-state index in [4.69, 9.17) is 10.5 Å². The van der Waals surface area contributed by atoms with Gasteiger partial charge in [0.25, 0.3) is 0 Å². The van der Waals surface area contributed by atoms with Gasteiger partial charge in [-0.25, -0.2) is 8.78 Å². The lowest BCUT2D eigenvalue weighted by Crippen LogP contribution is -2.50. The van der Waals surface area contributed by atoms with E-state index in [1.54, 1.807) is 0 Å². The summed E-state index contributed by atoms with van der Waals surface area (Å²) in [5.74, 6) is -1.01. The molecule has 1 fully saturated rings. The molecule has 1 aromatic carbocycles. The van der Waals surface area contributed by atoms with Crippen molar-refractivity contribution in [1.29, 1.82) is 0 Å². The fourth-order valence-electron chi connectivity index (χ4n) is 2.46. The molecule has 0 radical (unpaired) electrons. The van der Waals surface area contributed by atoms with E-state index in [0.717, 1.165) is 0 Å². The average molecular weight is 270 g/mol. The van der Waals surface area contributed by atoms with Gasteiger partial charge in [0.15, 0.2) is 0 Å². The number of nitrogens with two attached hydrogens (primary N) is 1. The lowest BCUT2D eigenvalue weighted by molar-refractivity contribution is -0.0506. The van der Waals surface area contributed by atoms with Crippen molar-refractivity contribution in [1.82, 2.24) is 4.90 Å². The van der Waals surface area contributed by atoms with Crippen molar-refractivity contribution in [3.63, 3.8) is 0 Å². The van der Waals surface area contributed by atoms with Gasteiger partial charge in [-0.05, 0) is 26.0 Å². The van der Waals surface area contributed by atoms with Crippen LogP contribution in [0, 0.1) is 11.6 Å². The van der Waals surface area contributed by atoms with Crippen LogP contribution in [0.4, 0.5) is 8.78 Å². The molecule has 1 aromatic rings. The summed E-state index contributed by atoms with van der Waals surface area (Å²) in [5.41, 5.74) is 5.95. The Kier molecular flexibility index (Phi) is 4.50. The lowest BCUT2D eigenvalue weighted by Gasteiger charge is -2.38. The fourth-order valence-corrected chi connectivity index (χ4v) is 2.46. The molecule has 2 N–H and O–H groups in total. The molecule has 3 nitrogen and oxygen atoms in total. The minimum atomic E-state index is -0.503. The smallest absolute Gasteiger partial charge is 0.130 e. The third-order valence-corrected chi connectivity index (χ3v) is 3.68. The fraction of sp³-hybridized carbons (Fsp3) is 0.571. The molecule has 5 heteroatoms. The third-order valence-electron chi connectivity index (χ3n) is 3.68. The van der Waals surface area contributed by atoms with Crippen molar-refractivity contribution >= 4 is 0 Å². The van der Waals surface area contributed by atoms with E-state index in [9.17, 15) is 8.78 Å². The van der Waals surface area contributed by atoms with Gasteiger partial charge < -0.3 is 10.5 Å². The van der Waals surface area contributed by atoms with Crippen LogP contribution < -0.4 is 5.73 Å². The summed E-state index contributed by atoms with van der Waals surface area (Å²) < 4.78 is 33.1. The van der Waals surface area contributed by atoms with E-state index in [1.807, 2.05) is 18.7 Å². The predicted octanol–water partition coefficient (Wildman–Crippen LogP) is 2.07. The Balaban J connectivity index is 2.17. The summed E-state index contributed by atoms with van der Waals surface area (Å²) in [7, 11) is 0. The molecule has 0 amide bonds. The van der Waals surface area contributed by atoms with Crippen LogP contribution in [-0.2, 0) is 4.74 Å². The number of morpholine rings is 1. The Morgan fingerprint density at radius 2 is 1.95 bits per heavy atom. The first-order valence-corrected chi connectivity index (χ1v) is 6.56. The van der Waals surface area contributed by atoms with Crippen LogP contribution in [0.5, 0.6) is 0 Å². The van der Waals surface area contributed by atoms with Crippen LogP contribution >= 0.6 is 0 Å². The Morgan fingerprint density at radius 3 is 2.53 bits per heavy atom. The van der Waals surface area contributed by atoms with Crippen LogP contribution in [-0.4, -0.2) is 36.7 Å². The Hall–Kier alpha value is -1.04. The standard InChI is InChI=1S/C14H20F2N2O/c1-9(17)13-8-18(6-7-19-13)10(2)14-11(15)4-3-5-12(14)16/h3-5,9-10,13H,6-8,17H2,1-2H3. The quantitative estimate of drug-likeness (QED) is 0.914. The average Bonchev–Trinajstić information content (AvgIpc) is 2.38. The number of halogens is 2. The number of ether oxygens (including phenoxy) is 1. The largest absolute Gasteiger partial charge is 0.374 e.